The number of carbonyl (C=O) groups is 1. The topological polar surface area (TPSA) is 77.6 Å². The van der Waals surface area contributed by atoms with Gasteiger partial charge in [-0.15, -0.1) is 0 Å². The third-order valence-electron chi connectivity index (χ3n) is 5.69. The first-order chi connectivity index (χ1) is 15.2. The highest BCUT2D eigenvalue weighted by Crippen LogP contribution is 2.28. The molecule has 0 saturated carbocycles. The van der Waals surface area contributed by atoms with Crippen LogP contribution in [0.15, 0.2) is 61.1 Å². The molecule has 7 heteroatoms. The first-order valence-electron chi connectivity index (χ1n) is 10.6. The highest BCUT2D eigenvalue weighted by molar-refractivity contribution is 6.03. The Hall–Kier alpha value is -3.74. The standard InChI is InChI=1S/C24H24N6O/c1-17-5-7-19(8-6-17)30-21-4-2-3-20(21)23(28-30)24(31)26-22-12-16-29(27-22)15-11-18-9-13-25-14-10-18/h5-10,12-14,16H,2-4,11,15H2,1H3,(H,26,27,31). The molecule has 4 aromatic rings. The Morgan fingerprint density at radius 3 is 2.65 bits per heavy atom. The molecule has 31 heavy (non-hydrogen) atoms. The van der Waals surface area contributed by atoms with Gasteiger partial charge in [-0.1, -0.05) is 17.7 Å². The van der Waals surface area contributed by atoms with Gasteiger partial charge < -0.3 is 5.32 Å². The zero-order chi connectivity index (χ0) is 21.2. The monoisotopic (exact) mass is 412 g/mol. The van der Waals surface area contributed by atoms with Crippen molar-refractivity contribution in [3.63, 3.8) is 0 Å². The summed E-state index contributed by atoms with van der Waals surface area (Å²) in [6.45, 7) is 2.80. The SMILES string of the molecule is Cc1ccc(-n2nc(C(=O)Nc3ccn(CCc4ccncc4)n3)c3c2CCC3)cc1. The largest absolute Gasteiger partial charge is 0.304 e. The molecule has 0 radical (unpaired) electrons. The molecule has 0 spiro atoms. The van der Waals surface area contributed by atoms with Crippen LogP contribution in [0.25, 0.3) is 5.69 Å². The third-order valence-corrected chi connectivity index (χ3v) is 5.69. The van der Waals surface area contributed by atoms with E-state index >= 15 is 0 Å². The predicted molar refractivity (Wildman–Crippen MR) is 118 cm³/mol. The van der Waals surface area contributed by atoms with E-state index in [1.807, 2.05) is 45.9 Å². The number of nitrogens with zero attached hydrogens (tertiary/aromatic N) is 5. The minimum absolute atomic E-state index is 0.205. The van der Waals surface area contributed by atoms with Gasteiger partial charge >= 0.3 is 0 Å². The fourth-order valence-corrected chi connectivity index (χ4v) is 4.04. The maximum absolute atomic E-state index is 13.0. The van der Waals surface area contributed by atoms with Crippen molar-refractivity contribution in [1.29, 1.82) is 0 Å². The van der Waals surface area contributed by atoms with E-state index in [1.54, 1.807) is 12.4 Å². The number of fused-ring (bicyclic) bond motifs is 1. The lowest BCUT2D eigenvalue weighted by Gasteiger charge is -2.05. The smallest absolute Gasteiger partial charge is 0.277 e. The van der Waals surface area contributed by atoms with Crippen LogP contribution >= 0.6 is 0 Å². The molecule has 1 N–H and O–H groups in total. The highest BCUT2D eigenvalue weighted by atomic mass is 16.2. The average Bonchev–Trinajstić information content (AvgIpc) is 3.51. The van der Waals surface area contributed by atoms with Gasteiger partial charge in [-0.3, -0.25) is 14.5 Å². The van der Waals surface area contributed by atoms with Crippen LogP contribution in [-0.2, 0) is 25.8 Å². The summed E-state index contributed by atoms with van der Waals surface area (Å²) in [4.78, 5) is 17.1. The van der Waals surface area contributed by atoms with E-state index in [2.05, 4.69) is 39.6 Å². The number of hydrogen-bond acceptors (Lipinski definition) is 4. The lowest BCUT2D eigenvalue weighted by molar-refractivity contribution is 0.102. The van der Waals surface area contributed by atoms with Crippen molar-refractivity contribution in [2.45, 2.75) is 39.2 Å². The van der Waals surface area contributed by atoms with Crippen molar-refractivity contribution in [3.8, 4) is 5.69 Å². The zero-order valence-electron chi connectivity index (χ0n) is 17.5. The van der Waals surface area contributed by atoms with Gasteiger partial charge in [-0.25, -0.2) is 4.68 Å². The Kier molecular flexibility index (Phi) is 5.08. The number of aryl methyl sites for hydroxylation is 3. The number of benzene rings is 1. The molecule has 5 rings (SSSR count). The van der Waals surface area contributed by atoms with Gasteiger partial charge in [-0.2, -0.15) is 10.2 Å². The summed E-state index contributed by atoms with van der Waals surface area (Å²) in [6, 6.07) is 14.0. The van der Waals surface area contributed by atoms with Crippen LogP contribution in [0.2, 0.25) is 0 Å². The second kappa shape index (κ2) is 8.18. The van der Waals surface area contributed by atoms with E-state index in [1.165, 1.54) is 11.1 Å². The minimum Gasteiger partial charge on any atom is -0.304 e. The van der Waals surface area contributed by atoms with Gasteiger partial charge in [0.1, 0.15) is 0 Å². The molecule has 156 valence electrons. The Labute approximate surface area is 180 Å². The van der Waals surface area contributed by atoms with Gasteiger partial charge in [0.15, 0.2) is 11.5 Å². The van der Waals surface area contributed by atoms with E-state index < -0.39 is 0 Å². The van der Waals surface area contributed by atoms with Crippen molar-refractivity contribution < 1.29 is 4.79 Å². The Morgan fingerprint density at radius 2 is 1.84 bits per heavy atom. The van der Waals surface area contributed by atoms with Crippen LogP contribution in [0, 0.1) is 6.92 Å². The van der Waals surface area contributed by atoms with E-state index in [4.69, 9.17) is 0 Å². The summed E-state index contributed by atoms with van der Waals surface area (Å²) in [6.07, 6.45) is 9.18. The lowest BCUT2D eigenvalue weighted by Crippen LogP contribution is -2.15. The number of aromatic nitrogens is 5. The first kappa shape index (κ1) is 19.2. The van der Waals surface area contributed by atoms with Crippen LogP contribution in [0.3, 0.4) is 0 Å². The predicted octanol–water partition coefficient (Wildman–Crippen LogP) is 3.76. The van der Waals surface area contributed by atoms with Gasteiger partial charge in [0.2, 0.25) is 0 Å². The maximum Gasteiger partial charge on any atom is 0.277 e. The molecule has 1 aliphatic rings. The Morgan fingerprint density at radius 1 is 1.03 bits per heavy atom. The molecule has 0 unspecified atom stereocenters. The molecule has 7 nitrogen and oxygen atoms in total. The Bertz CT molecular complexity index is 1210. The van der Waals surface area contributed by atoms with Gasteiger partial charge in [-0.05, 0) is 62.4 Å². The van der Waals surface area contributed by atoms with Crippen molar-refractivity contribution in [2.75, 3.05) is 5.32 Å². The number of anilines is 1. The number of nitrogens with one attached hydrogen (secondary N) is 1. The minimum atomic E-state index is -0.205. The normalized spacial score (nSPS) is 12.7. The van der Waals surface area contributed by atoms with Crippen LogP contribution in [0.5, 0.6) is 0 Å². The molecule has 0 atom stereocenters. The van der Waals surface area contributed by atoms with E-state index in [0.29, 0.717) is 11.5 Å². The van der Waals surface area contributed by atoms with Crippen LogP contribution < -0.4 is 5.32 Å². The molecule has 3 aromatic heterocycles. The summed E-state index contributed by atoms with van der Waals surface area (Å²) in [5.74, 6) is 0.333. The van der Waals surface area contributed by atoms with Gasteiger partial charge in [0, 0.05) is 42.5 Å². The molecule has 0 aliphatic heterocycles. The number of pyridine rings is 1. The van der Waals surface area contributed by atoms with Gasteiger partial charge in [0.05, 0.1) is 5.69 Å². The molecule has 0 fully saturated rings. The van der Waals surface area contributed by atoms with Crippen molar-refractivity contribution in [1.82, 2.24) is 24.5 Å². The fraction of sp³-hybridized carbons (Fsp3) is 0.250. The molecule has 1 aliphatic carbocycles. The van der Waals surface area contributed by atoms with Crippen molar-refractivity contribution in [3.05, 3.63) is 89.1 Å². The Balaban J connectivity index is 1.32. The maximum atomic E-state index is 13.0. The average molecular weight is 412 g/mol. The fourth-order valence-electron chi connectivity index (χ4n) is 4.04. The number of hydrogen-bond donors (Lipinski definition) is 1. The molecule has 0 bridgehead atoms. The van der Waals surface area contributed by atoms with Crippen LogP contribution in [-0.4, -0.2) is 30.5 Å². The summed E-state index contributed by atoms with van der Waals surface area (Å²) < 4.78 is 3.76. The first-order valence-corrected chi connectivity index (χ1v) is 10.6. The number of amides is 1. The number of carbonyl (C=O) groups excluding carboxylic acids is 1. The van der Waals surface area contributed by atoms with E-state index in [9.17, 15) is 4.79 Å². The van der Waals surface area contributed by atoms with E-state index in [0.717, 1.165) is 49.2 Å². The molecular weight excluding hydrogens is 388 g/mol. The molecule has 0 saturated heterocycles. The molecule has 1 aromatic carbocycles. The second-order valence-corrected chi connectivity index (χ2v) is 7.90. The summed E-state index contributed by atoms with van der Waals surface area (Å²) >= 11 is 0. The van der Waals surface area contributed by atoms with Crippen molar-refractivity contribution >= 4 is 11.7 Å². The molecular formula is C24H24N6O. The van der Waals surface area contributed by atoms with Crippen LogP contribution in [0.1, 0.15) is 39.3 Å². The van der Waals surface area contributed by atoms with E-state index in [-0.39, 0.29) is 5.91 Å². The zero-order valence-corrected chi connectivity index (χ0v) is 17.5. The lowest BCUT2D eigenvalue weighted by atomic mass is 10.2. The second-order valence-electron chi connectivity index (χ2n) is 7.90. The highest BCUT2D eigenvalue weighted by Gasteiger charge is 2.27. The van der Waals surface area contributed by atoms with Gasteiger partial charge in [0.25, 0.3) is 5.91 Å². The van der Waals surface area contributed by atoms with Crippen molar-refractivity contribution in [2.24, 2.45) is 0 Å². The molecule has 3 heterocycles. The summed E-state index contributed by atoms with van der Waals surface area (Å²) in [7, 11) is 0. The summed E-state index contributed by atoms with van der Waals surface area (Å²) in [5, 5.41) is 12.1. The van der Waals surface area contributed by atoms with Crippen LogP contribution in [0.4, 0.5) is 5.82 Å². The quantitative estimate of drug-likeness (QED) is 0.523. The third kappa shape index (κ3) is 3.99. The number of rotatable bonds is 6. The molecule has 1 amide bonds. The summed E-state index contributed by atoms with van der Waals surface area (Å²) in [5.41, 5.74) is 6.08.